The lowest BCUT2D eigenvalue weighted by molar-refractivity contribution is 0.0953. The van der Waals surface area contributed by atoms with Gasteiger partial charge in [0, 0.05) is 32.4 Å². The van der Waals surface area contributed by atoms with Crippen molar-refractivity contribution < 1.29 is 4.79 Å². The molecule has 0 aliphatic heterocycles. The molecule has 1 heterocycles. The fraction of sp³-hybridized carbons (Fsp3) is 0.667. The van der Waals surface area contributed by atoms with Gasteiger partial charge in [-0.25, -0.2) is 0 Å². The lowest BCUT2D eigenvalue weighted by Crippen LogP contribution is -2.32. The second-order valence-corrected chi connectivity index (χ2v) is 4.50. The van der Waals surface area contributed by atoms with Crippen LogP contribution in [0.1, 0.15) is 35.8 Å². The van der Waals surface area contributed by atoms with Crippen LogP contribution in [0.4, 0.5) is 0 Å². The minimum absolute atomic E-state index is 0.0208. The van der Waals surface area contributed by atoms with Crippen molar-refractivity contribution in [3.63, 3.8) is 0 Å². The topological polar surface area (TPSA) is 59.0 Å². The average molecular weight is 236 g/mol. The van der Waals surface area contributed by atoms with E-state index in [9.17, 15) is 4.79 Å². The van der Waals surface area contributed by atoms with E-state index in [-0.39, 0.29) is 5.91 Å². The summed E-state index contributed by atoms with van der Waals surface area (Å²) in [5.74, 6) is -0.0208. The van der Waals surface area contributed by atoms with Crippen LogP contribution < -0.4 is 10.6 Å². The van der Waals surface area contributed by atoms with Crippen LogP contribution in [0.25, 0.3) is 0 Å². The number of aryl methyl sites for hydroxylation is 2. The molecule has 1 fully saturated rings. The zero-order chi connectivity index (χ0) is 12.3. The molecule has 1 aromatic heterocycles. The Labute approximate surface area is 102 Å². The van der Waals surface area contributed by atoms with E-state index in [2.05, 4.69) is 15.7 Å². The summed E-state index contributed by atoms with van der Waals surface area (Å²) in [6.07, 6.45) is 5.11. The summed E-state index contributed by atoms with van der Waals surface area (Å²) < 4.78 is 1.69. The normalized spacial score (nSPS) is 14.9. The number of nitrogens with one attached hydrogen (secondary N) is 2. The van der Waals surface area contributed by atoms with Crippen molar-refractivity contribution in [2.24, 2.45) is 7.05 Å². The van der Waals surface area contributed by atoms with E-state index in [4.69, 9.17) is 0 Å². The molecule has 0 spiro atoms. The molecule has 5 nitrogen and oxygen atoms in total. The van der Waals surface area contributed by atoms with Crippen molar-refractivity contribution in [3.05, 3.63) is 17.5 Å². The van der Waals surface area contributed by atoms with Crippen molar-refractivity contribution in [2.45, 2.75) is 32.2 Å². The van der Waals surface area contributed by atoms with Gasteiger partial charge in [0.25, 0.3) is 5.91 Å². The second kappa shape index (κ2) is 5.31. The maximum Gasteiger partial charge on any atom is 0.254 e. The van der Waals surface area contributed by atoms with Gasteiger partial charge in [0.15, 0.2) is 0 Å². The minimum atomic E-state index is -0.0208. The summed E-state index contributed by atoms with van der Waals surface area (Å²) >= 11 is 0. The summed E-state index contributed by atoms with van der Waals surface area (Å²) in [7, 11) is 1.84. The number of nitrogens with zero attached hydrogens (tertiary/aromatic N) is 2. The van der Waals surface area contributed by atoms with E-state index in [1.54, 1.807) is 10.9 Å². The molecule has 1 aliphatic carbocycles. The highest BCUT2D eigenvalue weighted by molar-refractivity contribution is 5.95. The van der Waals surface area contributed by atoms with Crippen molar-refractivity contribution in [2.75, 3.05) is 13.1 Å². The predicted octanol–water partition coefficient (Wildman–Crippen LogP) is 0.464. The van der Waals surface area contributed by atoms with Crippen LogP contribution in [-0.2, 0) is 13.5 Å². The molecule has 17 heavy (non-hydrogen) atoms. The van der Waals surface area contributed by atoms with E-state index in [1.165, 1.54) is 12.8 Å². The summed E-state index contributed by atoms with van der Waals surface area (Å²) in [6, 6.07) is 0.691. The first kappa shape index (κ1) is 12.1. The molecular formula is C12H20N4O. The van der Waals surface area contributed by atoms with Crippen molar-refractivity contribution in [1.82, 2.24) is 20.4 Å². The van der Waals surface area contributed by atoms with Crippen LogP contribution in [0.15, 0.2) is 6.20 Å². The van der Waals surface area contributed by atoms with Crippen LogP contribution in [0, 0.1) is 0 Å². The fourth-order valence-corrected chi connectivity index (χ4v) is 1.82. The van der Waals surface area contributed by atoms with Gasteiger partial charge in [-0.1, -0.05) is 6.92 Å². The van der Waals surface area contributed by atoms with Crippen LogP contribution in [-0.4, -0.2) is 34.8 Å². The largest absolute Gasteiger partial charge is 0.351 e. The Bertz CT molecular complexity index is 395. The van der Waals surface area contributed by atoms with Gasteiger partial charge in [0.1, 0.15) is 0 Å². The zero-order valence-electron chi connectivity index (χ0n) is 10.5. The van der Waals surface area contributed by atoms with Gasteiger partial charge in [-0.3, -0.25) is 9.48 Å². The molecule has 2 rings (SSSR count). The number of hydrogen-bond acceptors (Lipinski definition) is 3. The zero-order valence-corrected chi connectivity index (χ0v) is 10.5. The summed E-state index contributed by atoms with van der Waals surface area (Å²) in [5, 5.41) is 10.5. The molecule has 0 aromatic carbocycles. The Balaban J connectivity index is 1.80. The Morgan fingerprint density at radius 2 is 2.29 bits per heavy atom. The quantitative estimate of drug-likeness (QED) is 0.706. The molecule has 94 valence electrons. The highest BCUT2D eigenvalue weighted by atomic mass is 16.1. The lowest BCUT2D eigenvalue weighted by atomic mass is 10.2. The third-order valence-electron chi connectivity index (χ3n) is 2.91. The first-order valence-corrected chi connectivity index (χ1v) is 6.24. The monoisotopic (exact) mass is 236 g/mol. The third kappa shape index (κ3) is 3.30. The Kier molecular flexibility index (Phi) is 3.78. The molecule has 0 atom stereocenters. The SMILES string of the molecule is CCc1nn(C)cc1C(=O)NCCNC1CC1. The van der Waals surface area contributed by atoms with E-state index in [1.807, 2.05) is 14.0 Å². The Morgan fingerprint density at radius 3 is 2.94 bits per heavy atom. The van der Waals surface area contributed by atoms with Crippen LogP contribution in [0.2, 0.25) is 0 Å². The van der Waals surface area contributed by atoms with E-state index in [0.29, 0.717) is 18.2 Å². The fourth-order valence-electron chi connectivity index (χ4n) is 1.82. The van der Waals surface area contributed by atoms with Gasteiger partial charge in [-0.05, 0) is 19.3 Å². The average Bonchev–Trinajstić information content (AvgIpc) is 3.06. The maximum atomic E-state index is 11.9. The third-order valence-corrected chi connectivity index (χ3v) is 2.91. The predicted molar refractivity (Wildman–Crippen MR) is 65.9 cm³/mol. The van der Waals surface area contributed by atoms with Crippen molar-refractivity contribution in [1.29, 1.82) is 0 Å². The van der Waals surface area contributed by atoms with Crippen molar-refractivity contribution in [3.8, 4) is 0 Å². The maximum absolute atomic E-state index is 11.9. The first-order chi connectivity index (χ1) is 8.20. The first-order valence-electron chi connectivity index (χ1n) is 6.24. The standard InChI is InChI=1S/C12H20N4O/c1-3-11-10(8-16(2)15-11)12(17)14-7-6-13-9-4-5-9/h8-9,13H,3-7H2,1-2H3,(H,14,17). The van der Waals surface area contributed by atoms with Gasteiger partial charge in [0.05, 0.1) is 11.3 Å². The highest BCUT2D eigenvalue weighted by Gasteiger charge is 2.20. The molecule has 5 heteroatoms. The molecule has 1 aliphatic rings. The summed E-state index contributed by atoms with van der Waals surface area (Å²) in [4.78, 5) is 11.9. The molecule has 0 radical (unpaired) electrons. The number of carbonyl (C=O) groups excluding carboxylic acids is 1. The van der Waals surface area contributed by atoms with Crippen molar-refractivity contribution >= 4 is 5.91 Å². The van der Waals surface area contributed by atoms with Gasteiger partial charge >= 0.3 is 0 Å². The lowest BCUT2D eigenvalue weighted by Gasteiger charge is -2.05. The second-order valence-electron chi connectivity index (χ2n) is 4.50. The van der Waals surface area contributed by atoms with E-state index >= 15 is 0 Å². The summed E-state index contributed by atoms with van der Waals surface area (Å²) in [5.41, 5.74) is 1.56. The van der Waals surface area contributed by atoms with Gasteiger partial charge < -0.3 is 10.6 Å². The molecular weight excluding hydrogens is 216 g/mol. The van der Waals surface area contributed by atoms with E-state index < -0.39 is 0 Å². The molecule has 1 aromatic rings. The molecule has 0 bridgehead atoms. The van der Waals surface area contributed by atoms with Crippen LogP contribution in [0.5, 0.6) is 0 Å². The van der Waals surface area contributed by atoms with Gasteiger partial charge in [-0.2, -0.15) is 5.10 Å². The molecule has 0 unspecified atom stereocenters. The number of rotatable bonds is 6. The smallest absolute Gasteiger partial charge is 0.254 e. The number of hydrogen-bond donors (Lipinski definition) is 2. The molecule has 1 saturated carbocycles. The van der Waals surface area contributed by atoms with Gasteiger partial charge in [0.2, 0.25) is 0 Å². The van der Waals surface area contributed by atoms with Crippen LogP contribution >= 0.6 is 0 Å². The van der Waals surface area contributed by atoms with Gasteiger partial charge in [-0.15, -0.1) is 0 Å². The van der Waals surface area contributed by atoms with Crippen LogP contribution in [0.3, 0.4) is 0 Å². The number of aromatic nitrogens is 2. The van der Waals surface area contributed by atoms with E-state index in [0.717, 1.165) is 18.7 Å². The molecule has 1 amide bonds. The number of amides is 1. The molecule has 0 saturated heterocycles. The Hall–Kier alpha value is -1.36. The highest BCUT2D eigenvalue weighted by Crippen LogP contribution is 2.17. The molecule has 2 N–H and O–H groups in total. The summed E-state index contributed by atoms with van der Waals surface area (Å²) in [6.45, 7) is 3.53. The minimum Gasteiger partial charge on any atom is -0.351 e. The Morgan fingerprint density at radius 1 is 1.53 bits per heavy atom. The number of carbonyl (C=O) groups is 1.